The van der Waals surface area contributed by atoms with Crippen molar-refractivity contribution >= 4 is 0 Å². The quantitative estimate of drug-likeness (QED) is 0.671. The predicted octanol–water partition coefficient (Wildman–Crippen LogP) is 0.386. The van der Waals surface area contributed by atoms with Gasteiger partial charge in [0.15, 0.2) is 0 Å². The van der Waals surface area contributed by atoms with E-state index in [0.717, 1.165) is 5.69 Å². The third-order valence-corrected chi connectivity index (χ3v) is 1.66. The summed E-state index contributed by atoms with van der Waals surface area (Å²) in [6.45, 7) is 3.71. The molecule has 0 atom stereocenters. The molecule has 0 aliphatic carbocycles. The number of aliphatic hydroxyl groups is 1. The number of hydrogen-bond acceptors (Lipinski definition) is 3. The molecular weight excluding hydrogens is 156 g/mol. The summed E-state index contributed by atoms with van der Waals surface area (Å²) in [6, 6.07) is 1.63. The van der Waals surface area contributed by atoms with Gasteiger partial charge in [0.1, 0.15) is 0 Å². The molecule has 0 aromatic carbocycles. The predicted molar refractivity (Wildman–Crippen MR) is 44.9 cm³/mol. The van der Waals surface area contributed by atoms with Crippen LogP contribution < -0.4 is 5.56 Å². The summed E-state index contributed by atoms with van der Waals surface area (Å²) >= 11 is 0. The van der Waals surface area contributed by atoms with E-state index in [2.05, 4.69) is 10.2 Å². The zero-order valence-corrected chi connectivity index (χ0v) is 7.16. The first-order valence-corrected chi connectivity index (χ1v) is 3.84. The highest BCUT2D eigenvalue weighted by Gasteiger charge is 2.04. The van der Waals surface area contributed by atoms with Crippen molar-refractivity contribution in [2.24, 2.45) is 0 Å². The Hall–Kier alpha value is -1.16. The van der Waals surface area contributed by atoms with E-state index in [0.29, 0.717) is 5.56 Å². The molecule has 0 amide bonds. The van der Waals surface area contributed by atoms with E-state index in [-0.39, 0.29) is 18.1 Å². The van der Waals surface area contributed by atoms with Crippen molar-refractivity contribution in [1.29, 1.82) is 0 Å². The molecule has 66 valence electrons. The van der Waals surface area contributed by atoms with Gasteiger partial charge in [-0.2, -0.15) is 5.10 Å². The van der Waals surface area contributed by atoms with Crippen LogP contribution in [0.3, 0.4) is 0 Å². The number of rotatable bonds is 2. The standard InChI is InChI=1S/C8H12N2O2/c1-5(2)7-3-6(4-11)8(12)10-9-7/h3,5,11H,4H2,1-2H3,(H,10,12). The molecule has 0 aliphatic heterocycles. The Labute approximate surface area is 70.3 Å². The average molecular weight is 168 g/mol. The third-order valence-electron chi connectivity index (χ3n) is 1.66. The van der Waals surface area contributed by atoms with E-state index in [1.165, 1.54) is 0 Å². The van der Waals surface area contributed by atoms with Crippen LogP contribution in [0.25, 0.3) is 0 Å². The Morgan fingerprint density at radius 2 is 2.33 bits per heavy atom. The molecule has 1 aromatic heterocycles. The molecule has 1 rings (SSSR count). The summed E-state index contributed by atoms with van der Waals surface area (Å²) in [4.78, 5) is 10.9. The molecule has 4 heteroatoms. The van der Waals surface area contributed by atoms with Crippen molar-refractivity contribution < 1.29 is 5.11 Å². The van der Waals surface area contributed by atoms with Crippen LogP contribution in [0.5, 0.6) is 0 Å². The van der Waals surface area contributed by atoms with Crippen molar-refractivity contribution in [3.05, 3.63) is 27.7 Å². The second kappa shape index (κ2) is 3.49. The fourth-order valence-corrected chi connectivity index (χ4v) is 0.877. The van der Waals surface area contributed by atoms with Gasteiger partial charge in [0.05, 0.1) is 12.3 Å². The van der Waals surface area contributed by atoms with Gasteiger partial charge in [0, 0.05) is 5.56 Å². The number of aliphatic hydroxyl groups excluding tert-OH is 1. The second-order valence-electron chi connectivity index (χ2n) is 2.96. The minimum atomic E-state index is -0.318. The SMILES string of the molecule is CC(C)c1cc(CO)c(=O)[nH]n1. The maximum absolute atomic E-state index is 10.9. The van der Waals surface area contributed by atoms with E-state index < -0.39 is 0 Å². The molecule has 0 unspecified atom stereocenters. The lowest BCUT2D eigenvalue weighted by Gasteiger charge is -2.03. The first-order chi connectivity index (χ1) is 5.65. The zero-order chi connectivity index (χ0) is 9.14. The molecule has 0 saturated carbocycles. The van der Waals surface area contributed by atoms with Crippen LogP contribution in [0.2, 0.25) is 0 Å². The van der Waals surface area contributed by atoms with Crippen LogP contribution in [0.15, 0.2) is 10.9 Å². The highest BCUT2D eigenvalue weighted by Crippen LogP contribution is 2.09. The summed E-state index contributed by atoms with van der Waals surface area (Å²) in [5.74, 6) is 0.257. The molecule has 12 heavy (non-hydrogen) atoms. The van der Waals surface area contributed by atoms with Gasteiger partial charge in [-0.15, -0.1) is 0 Å². The van der Waals surface area contributed by atoms with Gasteiger partial charge in [-0.05, 0) is 12.0 Å². The molecule has 0 fully saturated rings. The Morgan fingerprint density at radius 3 is 2.83 bits per heavy atom. The van der Waals surface area contributed by atoms with Crippen LogP contribution >= 0.6 is 0 Å². The molecule has 2 N–H and O–H groups in total. The Balaban J connectivity index is 3.14. The van der Waals surface area contributed by atoms with Crippen LogP contribution in [-0.2, 0) is 6.61 Å². The fraction of sp³-hybridized carbons (Fsp3) is 0.500. The van der Waals surface area contributed by atoms with E-state index >= 15 is 0 Å². The van der Waals surface area contributed by atoms with Crippen molar-refractivity contribution in [2.75, 3.05) is 0 Å². The molecule has 0 spiro atoms. The van der Waals surface area contributed by atoms with Gasteiger partial charge in [0.25, 0.3) is 5.56 Å². The minimum Gasteiger partial charge on any atom is -0.391 e. The van der Waals surface area contributed by atoms with E-state index in [4.69, 9.17) is 5.11 Å². The zero-order valence-electron chi connectivity index (χ0n) is 7.16. The molecule has 0 aliphatic rings. The van der Waals surface area contributed by atoms with Gasteiger partial charge >= 0.3 is 0 Å². The molecule has 0 bridgehead atoms. The highest BCUT2D eigenvalue weighted by molar-refractivity contribution is 5.14. The third kappa shape index (κ3) is 1.71. The first-order valence-electron chi connectivity index (χ1n) is 3.84. The number of aromatic nitrogens is 2. The fourth-order valence-electron chi connectivity index (χ4n) is 0.877. The largest absolute Gasteiger partial charge is 0.391 e. The number of nitrogens with zero attached hydrogens (tertiary/aromatic N) is 1. The van der Waals surface area contributed by atoms with E-state index in [1.807, 2.05) is 13.8 Å². The summed E-state index contributed by atoms with van der Waals surface area (Å²) < 4.78 is 0. The highest BCUT2D eigenvalue weighted by atomic mass is 16.3. The molecular formula is C8H12N2O2. The smallest absolute Gasteiger partial charge is 0.269 e. The van der Waals surface area contributed by atoms with Gasteiger partial charge < -0.3 is 5.11 Å². The van der Waals surface area contributed by atoms with Crippen LogP contribution in [0, 0.1) is 0 Å². The summed E-state index contributed by atoms with van der Waals surface area (Å²) in [6.07, 6.45) is 0. The molecule has 0 radical (unpaired) electrons. The van der Waals surface area contributed by atoms with Gasteiger partial charge in [-0.3, -0.25) is 4.79 Å². The van der Waals surface area contributed by atoms with Gasteiger partial charge in [0.2, 0.25) is 0 Å². The first kappa shape index (κ1) is 8.93. The van der Waals surface area contributed by atoms with E-state index in [9.17, 15) is 4.79 Å². The van der Waals surface area contributed by atoms with Crippen molar-refractivity contribution in [1.82, 2.24) is 10.2 Å². The molecule has 1 aromatic rings. The number of nitrogens with one attached hydrogen (secondary N) is 1. The topological polar surface area (TPSA) is 66.0 Å². The number of H-pyrrole nitrogens is 1. The van der Waals surface area contributed by atoms with Crippen LogP contribution in [0.4, 0.5) is 0 Å². The number of aromatic amines is 1. The Morgan fingerprint density at radius 1 is 1.67 bits per heavy atom. The minimum absolute atomic E-state index is 0.239. The second-order valence-corrected chi connectivity index (χ2v) is 2.96. The van der Waals surface area contributed by atoms with Gasteiger partial charge in [-0.1, -0.05) is 13.8 Å². The van der Waals surface area contributed by atoms with Crippen LogP contribution in [0.1, 0.15) is 31.0 Å². The Kier molecular flexibility index (Phi) is 2.60. The summed E-state index contributed by atoms with van der Waals surface area (Å²) in [5, 5.41) is 14.9. The molecule has 0 saturated heterocycles. The van der Waals surface area contributed by atoms with Crippen LogP contribution in [-0.4, -0.2) is 15.3 Å². The van der Waals surface area contributed by atoms with Crippen molar-refractivity contribution in [2.45, 2.75) is 26.4 Å². The van der Waals surface area contributed by atoms with Gasteiger partial charge in [-0.25, -0.2) is 5.10 Å². The lowest BCUT2D eigenvalue weighted by molar-refractivity contribution is 0.279. The molecule has 1 heterocycles. The monoisotopic (exact) mass is 168 g/mol. The number of hydrogen-bond donors (Lipinski definition) is 2. The van der Waals surface area contributed by atoms with E-state index in [1.54, 1.807) is 6.07 Å². The maximum Gasteiger partial charge on any atom is 0.269 e. The molecule has 4 nitrogen and oxygen atoms in total. The normalized spacial score (nSPS) is 10.7. The lowest BCUT2D eigenvalue weighted by Crippen LogP contribution is -2.15. The van der Waals surface area contributed by atoms with Crippen molar-refractivity contribution in [3.8, 4) is 0 Å². The lowest BCUT2D eigenvalue weighted by atomic mass is 10.1. The average Bonchev–Trinajstić information content (AvgIpc) is 2.05. The van der Waals surface area contributed by atoms with Crippen molar-refractivity contribution in [3.63, 3.8) is 0 Å². The summed E-state index contributed by atoms with van der Waals surface area (Å²) in [7, 11) is 0. The summed E-state index contributed by atoms with van der Waals surface area (Å²) in [5.41, 5.74) is 0.842. The maximum atomic E-state index is 10.9. The Bertz CT molecular complexity index is 317.